The van der Waals surface area contributed by atoms with E-state index < -0.39 is 0 Å². The number of nitrogens with zero attached hydrogens (tertiary/aromatic N) is 2. The maximum absolute atomic E-state index is 11.5. The van der Waals surface area contributed by atoms with Crippen molar-refractivity contribution in [3.8, 4) is 6.07 Å². The van der Waals surface area contributed by atoms with Crippen molar-refractivity contribution in [2.24, 2.45) is 5.41 Å². The van der Waals surface area contributed by atoms with Crippen LogP contribution in [0, 0.1) is 16.7 Å². The van der Waals surface area contributed by atoms with Crippen LogP contribution in [0.15, 0.2) is 0 Å². The van der Waals surface area contributed by atoms with Gasteiger partial charge in [0.15, 0.2) is 0 Å². The average molecular weight is 182 g/mol. The zero-order chi connectivity index (χ0) is 10.6. The van der Waals surface area contributed by atoms with Crippen molar-refractivity contribution < 1.29 is 4.79 Å². The number of nitriles is 1. The van der Waals surface area contributed by atoms with Crippen molar-refractivity contribution >= 4 is 5.91 Å². The lowest BCUT2D eigenvalue weighted by Gasteiger charge is -2.24. The molecule has 1 atom stereocenters. The molecule has 3 heteroatoms. The third kappa shape index (κ3) is 4.51. The highest BCUT2D eigenvalue weighted by molar-refractivity contribution is 5.77. The maximum Gasteiger partial charge on any atom is 0.223 e. The smallest absolute Gasteiger partial charge is 0.223 e. The first-order valence-electron chi connectivity index (χ1n) is 4.43. The quantitative estimate of drug-likeness (QED) is 0.653. The molecule has 0 aromatic heterocycles. The minimum absolute atomic E-state index is 0.0134. The summed E-state index contributed by atoms with van der Waals surface area (Å²) in [5.41, 5.74) is -0.0134. The molecular weight excluding hydrogens is 164 g/mol. The highest BCUT2D eigenvalue weighted by Gasteiger charge is 2.21. The Hall–Kier alpha value is -1.04. The molecule has 0 radical (unpaired) electrons. The van der Waals surface area contributed by atoms with Crippen LogP contribution in [-0.2, 0) is 4.79 Å². The van der Waals surface area contributed by atoms with Gasteiger partial charge in [-0.15, -0.1) is 0 Å². The van der Waals surface area contributed by atoms with E-state index >= 15 is 0 Å². The molecule has 0 aliphatic rings. The molecule has 0 spiro atoms. The first kappa shape index (κ1) is 12.0. The lowest BCUT2D eigenvalue weighted by atomic mass is 9.91. The third-order valence-electron chi connectivity index (χ3n) is 1.84. The summed E-state index contributed by atoms with van der Waals surface area (Å²) in [5, 5.41) is 8.61. The number of hydrogen-bond donors (Lipinski definition) is 0. The highest BCUT2D eigenvalue weighted by Crippen LogP contribution is 2.19. The van der Waals surface area contributed by atoms with E-state index in [2.05, 4.69) is 0 Å². The van der Waals surface area contributed by atoms with Crippen LogP contribution in [0.1, 0.15) is 34.1 Å². The Bertz CT molecular complexity index is 222. The Morgan fingerprint density at radius 1 is 1.54 bits per heavy atom. The van der Waals surface area contributed by atoms with Gasteiger partial charge in [0.2, 0.25) is 5.91 Å². The molecule has 0 aromatic carbocycles. The largest absolute Gasteiger partial charge is 0.330 e. The topological polar surface area (TPSA) is 44.1 Å². The molecule has 0 N–H and O–H groups in total. The van der Waals surface area contributed by atoms with E-state index in [0.29, 0.717) is 6.42 Å². The summed E-state index contributed by atoms with van der Waals surface area (Å²) in [5.74, 6) is 0.0292. The van der Waals surface area contributed by atoms with E-state index in [9.17, 15) is 4.79 Å². The van der Waals surface area contributed by atoms with Crippen LogP contribution >= 0.6 is 0 Å². The molecular formula is C10H18N2O. The Labute approximate surface area is 80.3 Å². The second-order valence-electron chi connectivity index (χ2n) is 4.55. The fourth-order valence-electron chi connectivity index (χ4n) is 0.881. The van der Waals surface area contributed by atoms with Gasteiger partial charge in [-0.05, 0) is 12.3 Å². The number of hydrogen-bond acceptors (Lipinski definition) is 2. The Balaban J connectivity index is 4.22. The lowest BCUT2D eigenvalue weighted by Crippen LogP contribution is -2.36. The van der Waals surface area contributed by atoms with Gasteiger partial charge < -0.3 is 4.90 Å². The minimum Gasteiger partial charge on any atom is -0.330 e. The highest BCUT2D eigenvalue weighted by atomic mass is 16.2. The van der Waals surface area contributed by atoms with Gasteiger partial charge in [-0.2, -0.15) is 5.26 Å². The Kier molecular flexibility index (Phi) is 3.93. The fraction of sp³-hybridized carbons (Fsp3) is 0.800. The molecule has 1 amide bonds. The predicted octanol–water partition coefficient (Wildman–Crippen LogP) is 1.79. The van der Waals surface area contributed by atoms with Crippen LogP contribution in [-0.4, -0.2) is 23.9 Å². The monoisotopic (exact) mass is 182 g/mol. The molecule has 0 fully saturated rings. The van der Waals surface area contributed by atoms with E-state index in [-0.39, 0.29) is 17.4 Å². The number of carbonyl (C=O) groups excluding carboxylic acids is 1. The van der Waals surface area contributed by atoms with E-state index in [1.54, 1.807) is 14.0 Å². The molecule has 13 heavy (non-hydrogen) atoms. The van der Waals surface area contributed by atoms with Gasteiger partial charge in [-0.3, -0.25) is 4.79 Å². The van der Waals surface area contributed by atoms with Crippen molar-refractivity contribution in [1.29, 1.82) is 5.26 Å². The number of amides is 1. The maximum atomic E-state index is 11.5. The van der Waals surface area contributed by atoms with Crippen LogP contribution in [0.5, 0.6) is 0 Å². The first-order valence-corrected chi connectivity index (χ1v) is 4.43. The third-order valence-corrected chi connectivity index (χ3v) is 1.84. The molecule has 0 saturated carbocycles. The fourth-order valence-corrected chi connectivity index (χ4v) is 0.881. The Morgan fingerprint density at radius 2 is 2.00 bits per heavy atom. The van der Waals surface area contributed by atoms with Gasteiger partial charge in [0.25, 0.3) is 0 Å². The number of carbonyl (C=O) groups is 1. The molecule has 0 bridgehead atoms. The summed E-state index contributed by atoms with van der Waals surface area (Å²) in [6.45, 7) is 7.75. The van der Waals surface area contributed by atoms with Crippen molar-refractivity contribution in [3.05, 3.63) is 0 Å². The van der Waals surface area contributed by atoms with Gasteiger partial charge in [-0.1, -0.05) is 20.8 Å². The summed E-state index contributed by atoms with van der Waals surface area (Å²) in [6.07, 6.45) is 0.482. The molecule has 0 aliphatic carbocycles. The van der Waals surface area contributed by atoms with E-state index in [1.807, 2.05) is 26.8 Å². The zero-order valence-corrected chi connectivity index (χ0v) is 9.09. The lowest BCUT2D eigenvalue weighted by molar-refractivity contribution is -0.132. The Morgan fingerprint density at radius 3 is 2.31 bits per heavy atom. The summed E-state index contributed by atoms with van der Waals surface area (Å²) in [7, 11) is 1.67. The zero-order valence-electron chi connectivity index (χ0n) is 9.09. The summed E-state index contributed by atoms with van der Waals surface area (Å²) < 4.78 is 0. The van der Waals surface area contributed by atoms with Gasteiger partial charge in [0.05, 0.1) is 6.07 Å². The van der Waals surface area contributed by atoms with Gasteiger partial charge >= 0.3 is 0 Å². The predicted molar refractivity (Wildman–Crippen MR) is 51.9 cm³/mol. The van der Waals surface area contributed by atoms with Crippen LogP contribution in [0.4, 0.5) is 0 Å². The van der Waals surface area contributed by atoms with Gasteiger partial charge in [0, 0.05) is 13.5 Å². The number of rotatable bonds is 2. The molecule has 3 nitrogen and oxygen atoms in total. The summed E-state index contributed by atoms with van der Waals surface area (Å²) in [6, 6.07) is 1.70. The second-order valence-corrected chi connectivity index (χ2v) is 4.55. The summed E-state index contributed by atoms with van der Waals surface area (Å²) >= 11 is 0. The normalized spacial score (nSPS) is 13.2. The van der Waals surface area contributed by atoms with E-state index in [1.165, 1.54) is 4.90 Å². The molecule has 0 rings (SSSR count). The minimum atomic E-state index is -0.338. The van der Waals surface area contributed by atoms with Gasteiger partial charge in [-0.25, -0.2) is 0 Å². The molecule has 0 heterocycles. The van der Waals surface area contributed by atoms with Crippen molar-refractivity contribution in [2.75, 3.05) is 7.05 Å². The first-order chi connectivity index (χ1) is 5.78. The second kappa shape index (κ2) is 4.27. The summed E-state index contributed by atoms with van der Waals surface area (Å²) in [4.78, 5) is 13.0. The van der Waals surface area contributed by atoms with Crippen molar-refractivity contribution in [3.63, 3.8) is 0 Å². The van der Waals surface area contributed by atoms with E-state index in [0.717, 1.165) is 0 Å². The van der Waals surface area contributed by atoms with Crippen molar-refractivity contribution in [1.82, 2.24) is 4.90 Å². The van der Waals surface area contributed by atoms with Crippen molar-refractivity contribution in [2.45, 2.75) is 40.2 Å². The molecule has 1 unspecified atom stereocenters. The van der Waals surface area contributed by atoms with Gasteiger partial charge in [0.1, 0.15) is 6.04 Å². The molecule has 0 saturated heterocycles. The average Bonchev–Trinajstić information content (AvgIpc) is 1.98. The molecule has 0 aromatic rings. The van der Waals surface area contributed by atoms with Crippen LogP contribution in [0.25, 0.3) is 0 Å². The van der Waals surface area contributed by atoms with Crippen LogP contribution < -0.4 is 0 Å². The SMILES string of the molecule is CC(C#N)N(C)C(=O)CC(C)(C)C. The molecule has 0 aliphatic heterocycles. The standard InChI is InChI=1S/C10H18N2O/c1-8(7-11)12(5)9(13)6-10(2,3)4/h8H,6H2,1-5H3. The molecule has 74 valence electrons. The van der Waals surface area contributed by atoms with Crippen LogP contribution in [0.3, 0.4) is 0 Å². The van der Waals surface area contributed by atoms with Crippen LogP contribution in [0.2, 0.25) is 0 Å². The van der Waals surface area contributed by atoms with E-state index in [4.69, 9.17) is 5.26 Å².